The quantitative estimate of drug-likeness (QED) is 0.817. The standard InChI is InChI=1S/C10H13F2NS/c1-6-4-14-5-9(6)13-8-2-7(3-8)10(11)12/h4-5,7-8,10,13H,2-3H2,1H3. The summed E-state index contributed by atoms with van der Waals surface area (Å²) in [5, 5.41) is 7.38. The van der Waals surface area contributed by atoms with Crippen molar-refractivity contribution in [1.29, 1.82) is 0 Å². The van der Waals surface area contributed by atoms with Crippen LogP contribution in [0.1, 0.15) is 18.4 Å². The van der Waals surface area contributed by atoms with E-state index in [0.29, 0.717) is 12.8 Å². The molecule has 1 saturated carbocycles. The van der Waals surface area contributed by atoms with E-state index in [1.807, 2.05) is 12.3 Å². The van der Waals surface area contributed by atoms with Crippen molar-refractivity contribution in [2.24, 2.45) is 5.92 Å². The van der Waals surface area contributed by atoms with Crippen molar-refractivity contribution < 1.29 is 8.78 Å². The number of hydrogen-bond acceptors (Lipinski definition) is 2. The third-order valence-corrected chi connectivity index (χ3v) is 3.61. The molecule has 1 N–H and O–H groups in total. The molecular formula is C10H13F2NS. The van der Waals surface area contributed by atoms with Crippen LogP contribution in [0.15, 0.2) is 10.8 Å². The number of hydrogen-bond donors (Lipinski definition) is 1. The van der Waals surface area contributed by atoms with Gasteiger partial charge >= 0.3 is 0 Å². The van der Waals surface area contributed by atoms with E-state index in [2.05, 4.69) is 10.7 Å². The van der Waals surface area contributed by atoms with E-state index in [9.17, 15) is 8.78 Å². The van der Waals surface area contributed by atoms with Crippen LogP contribution in [-0.2, 0) is 0 Å². The van der Waals surface area contributed by atoms with Crippen LogP contribution < -0.4 is 5.32 Å². The van der Waals surface area contributed by atoms with Gasteiger partial charge in [0.1, 0.15) is 0 Å². The van der Waals surface area contributed by atoms with Gasteiger partial charge in [0.15, 0.2) is 0 Å². The van der Waals surface area contributed by atoms with E-state index >= 15 is 0 Å². The second-order valence-electron chi connectivity index (χ2n) is 3.88. The largest absolute Gasteiger partial charge is 0.381 e. The Morgan fingerprint density at radius 2 is 2.14 bits per heavy atom. The summed E-state index contributed by atoms with van der Waals surface area (Å²) in [7, 11) is 0. The number of aryl methyl sites for hydroxylation is 1. The minimum absolute atomic E-state index is 0.252. The maximum atomic E-state index is 12.2. The van der Waals surface area contributed by atoms with Crippen molar-refractivity contribution in [3.8, 4) is 0 Å². The summed E-state index contributed by atoms with van der Waals surface area (Å²) < 4.78 is 24.4. The number of rotatable bonds is 3. The van der Waals surface area contributed by atoms with Crippen molar-refractivity contribution >= 4 is 17.0 Å². The molecule has 0 spiro atoms. The van der Waals surface area contributed by atoms with Crippen molar-refractivity contribution in [1.82, 2.24) is 0 Å². The SMILES string of the molecule is Cc1cscc1NC1CC(C(F)F)C1. The van der Waals surface area contributed by atoms with Crippen molar-refractivity contribution in [3.05, 3.63) is 16.3 Å². The molecule has 1 aliphatic carbocycles. The molecular weight excluding hydrogens is 204 g/mol. The van der Waals surface area contributed by atoms with Crippen molar-refractivity contribution in [2.45, 2.75) is 32.2 Å². The van der Waals surface area contributed by atoms with Gasteiger partial charge in [-0.25, -0.2) is 8.78 Å². The molecule has 4 heteroatoms. The highest BCUT2D eigenvalue weighted by molar-refractivity contribution is 7.08. The summed E-state index contributed by atoms with van der Waals surface area (Å²) in [6, 6.07) is 0.252. The first-order valence-electron chi connectivity index (χ1n) is 4.74. The smallest absolute Gasteiger partial charge is 0.241 e. The lowest BCUT2D eigenvalue weighted by Crippen LogP contribution is -2.38. The van der Waals surface area contributed by atoms with Gasteiger partial charge in [-0.05, 0) is 30.7 Å². The average Bonchev–Trinajstić information content (AvgIpc) is 2.42. The number of thiophene rings is 1. The molecule has 0 atom stereocenters. The average molecular weight is 217 g/mol. The van der Waals surface area contributed by atoms with Gasteiger partial charge in [0, 0.05) is 23.0 Å². The molecule has 1 nitrogen and oxygen atoms in total. The summed E-state index contributed by atoms with van der Waals surface area (Å²) in [4.78, 5) is 0. The van der Waals surface area contributed by atoms with Gasteiger partial charge in [-0.2, -0.15) is 0 Å². The first-order chi connectivity index (χ1) is 6.66. The third kappa shape index (κ3) is 1.90. The zero-order valence-electron chi connectivity index (χ0n) is 7.97. The van der Waals surface area contributed by atoms with Crippen LogP contribution >= 0.6 is 11.3 Å². The Bertz CT molecular complexity index is 305. The lowest BCUT2D eigenvalue weighted by atomic mass is 9.80. The fourth-order valence-corrected chi connectivity index (χ4v) is 2.50. The minimum atomic E-state index is -2.14. The Morgan fingerprint density at radius 3 is 2.64 bits per heavy atom. The monoisotopic (exact) mass is 217 g/mol. The summed E-state index contributed by atoms with van der Waals surface area (Å²) in [6.07, 6.45) is -0.934. The summed E-state index contributed by atoms with van der Waals surface area (Å²) >= 11 is 1.64. The lowest BCUT2D eigenvalue weighted by molar-refractivity contribution is 0.0281. The molecule has 1 aromatic rings. The number of nitrogens with one attached hydrogen (secondary N) is 1. The molecule has 1 aliphatic rings. The highest BCUT2D eigenvalue weighted by Gasteiger charge is 2.35. The fourth-order valence-electron chi connectivity index (χ4n) is 1.71. The van der Waals surface area contributed by atoms with Gasteiger partial charge in [0.25, 0.3) is 0 Å². The van der Waals surface area contributed by atoms with Gasteiger partial charge in [-0.15, -0.1) is 11.3 Å². The topological polar surface area (TPSA) is 12.0 Å². The first-order valence-corrected chi connectivity index (χ1v) is 5.68. The highest BCUT2D eigenvalue weighted by Crippen LogP contribution is 2.35. The van der Waals surface area contributed by atoms with Crippen LogP contribution in [0.3, 0.4) is 0 Å². The Balaban J connectivity index is 1.82. The zero-order valence-corrected chi connectivity index (χ0v) is 8.78. The lowest BCUT2D eigenvalue weighted by Gasteiger charge is -2.35. The molecule has 0 unspecified atom stereocenters. The van der Waals surface area contributed by atoms with Crippen molar-refractivity contribution in [3.63, 3.8) is 0 Å². The molecule has 0 aliphatic heterocycles. The van der Waals surface area contributed by atoms with Gasteiger partial charge in [-0.3, -0.25) is 0 Å². The van der Waals surface area contributed by atoms with Gasteiger partial charge in [0.05, 0.1) is 0 Å². The predicted molar refractivity (Wildman–Crippen MR) is 55.2 cm³/mol. The van der Waals surface area contributed by atoms with E-state index in [0.717, 1.165) is 5.69 Å². The van der Waals surface area contributed by atoms with E-state index in [1.54, 1.807) is 11.3 Å². The van der Waals surface area contributed by atoms with Crippen LogP contribution in [0.25, 0.3) is 0 Å². The normalized spacial score (nSPS) is 26.3. The second kappa shape index (κ2) is 3.85. The van der Waals surface area contributed by atoms with E-state index < -0.39 is 6.43 Å². The molecule has 1 fully saturated rings. The summed E-state index contributed by atoms with van der Waals surface area (Å²) in [5.41, 5.74) is 2.31. The molecule has 14 heavy (non-hydrogen) atoms. The van der Waals surface area contributed by atoms with E-state index in [-0.39, 0.29) is 12.0 Å². The molecule has 78 valence electrons. The van der Waals surface area contributed by atoms with E-state index in [1.165, 1.54) is 5.56 Å². The number of halogens is 2. The molecule has 0 saturated heterocycles. The first kappa shape index (κ1) is 9.90. The number of anilines is 1. The molecule has 1 heterocycles. The van der Waals surface area contributed by atoms with Crippen LogP contribution in [0.4, 0.5) is 14.5 Å². The molecule has 1 aromatic heterocycles. The fraction of sp³-hybridized carbons (Fsp3) is 0.600. The maximum absolute atomic E-state index is 12.2. The molecule has 0 bridgehead atoms. The summed E-state index contributed by atoms with van der Waals surface area (Å²) in [6.45, 7) is 2.03. The minimum Gasteiger partial charge on any atom is -0.381 e. The number of alkyl halides is 2. The van der Waals surface area contributed by atoms with Gasteiger partial charge < -0.3 is 5.32 Å². The van der Waals surface area contributed by atoms with Crippen LogP contribution in [0.5, 0.6) is 0 Å². The third-order valence-electron chi connectivity index (χ3n) is 2.75. The van der Waals surface area contributed by atoms with Crippen LogP contribution in [0, 0.1) is 12.8 Å². The van der Waals surface area contributed by atoms with E-state index in [4.69, 9.17) is 0 Å². The van der Waals surface area contributed by atoms with Crippen LogP contribution in [-0.4, -0.2) is 12.5 Å². The highest BCUT2D eigenvalue weighted by atomic mass is 32.1. The maximum Gasteiger partial charge on any atom is 0.241 e. The van der Waals surface area contributed by atoms with Gasteiger partial charge in [-0.1, -0.05) is 0 Å². The molecule has 2 rings (SSSR count). The Labute approximate surface area is 86.1 Å². The van der Waals surface area contributed by atoms with Gasteiger partial charge in [0.2, 0.25) is 6.43 Å². The molecule has 0 aromatic carbocycles. The molecule has 0 radical (unpaired) electrons. The Kier molecular flexibility index (Phi) is 2.72. The zero-order chi connectivity index (χ0) is 10.1. The Hall–Kier alpha value is -0.640. The predicted octanol–water partition coefficient (Wildman–Crippen LogP) is 3.51. The van der Waals surface area contributed by atoms with Crippen molar-refractivity contribution in [2.75, 3.05) is 5.32 Å². The molecule has 0 amide bonds. The second-order valence-corrected chi connectivity index (χ2v) is 4.62. The van der Waals surface area contributed by atoms with Crippen LogP contribution in [0.2, 0.25) is 0 Å². The summed E-state index contributed by atoms with van der Waals surface area (Å²) in [5.74, 6) is -0.383. The Morgan fingerprint density at radius 1 is 1.43 bits per heavy atom.